The first-order valence-electron chi connectivity index (χ1n) is 7.12. The fraction of sp³-hybridized carbons (Fsp3) is 0.933. The Labute approximate surface area is 108 Å². The lowest BCUT2D eigenvalue weighted by Crippen LogP contribution is -2.35. The van der Waals surface area contributed by atoms with Gasteiger partial charge in [0.2, 0.25) is 0 Å². The number of hydrogen-bond donors (Lipinski definition) is 1. The molecule has 0 aromatic rings. The molecule has 0 heterocycles. The number of rotatable bonds is 7. The highest BCUT2D eigenvalue weighted by molar-refractivity contribution is 5.82. The van der Waals surface area contributed by atoms with E-state index in [-0.39, 0.29) is 5.54 Å². The first-order chi connectivity index (χ1) is 7.76. The van der Waals surface area contributed by atoms with E-state index in [0.29, 0.717) is 17.8 Å². The molecule has 0 radical (unpaired) electrons. The molecule has 17 heavy (non-hydrogen) atoms. The van der Waals surface area contributed by atoms with E-state index in [1.165, 1.54) is 0 Å². The topological polar surface area (TPSA) is 38.4 Å². The van der Waals surface area contributed by atoms with Gasteiger partial charge in [-0.3, -0.25) is 4.99 Å². The summed E-state index contributed by atoms with van der Waals surface area (Å²) >= 11 is 0. The van der Waals surface area contributed by atoms with Crippen molar-refractivity contribution in [3.05, 3.63) is 0 Å². The van der Waals surface area contributed by atoms with Crippen LogP contribution in [-0.4, -0.2) is 11.4 Å². The molecule has 3 atom stereocenters. The van der Waals surface area contributed by atoms with E-state index in [1.807, 2.05) is 0 Å². The number of hydrogen-bond acceptors (Lipinski definition) is 1. The smallest absolute Gasteiger partial charge is 0.0972 e. The van der Waals surface area contributed by atoms with Gasteiger partial charge in [-0.25, -0.2) is 0 Å². The Morgan fingerprint density at radius 2 is 1.71 bits per heavy atom. The van der Waals surface area contributed by atoms with Crippen LogP contribution in [0.3, 0.4) is 0 Å². The molecule has 0 spiro atoms. The summed E-state index contributed by atoms with van der Waals surface area (Å²) in [6, 6.07) is 0. The maximum absolute atomic E-state index is 6.17. The van der Waals surface area contributed by atoms with Crippen molar-refractivity contribution in [1.82, 2.24) is 0 Å². The molecule has 0 aromatic heterocycles. The first kappa shape index (κ1) is 16.5. The molecule has 2 heteroatoms. The van der Waals surface area contributed by atoms with Crippen molar-refractivity contribution < 1.29 is 0 Å². The lowest BCUT2D eigenvalue weighted by Gasteiger charge is -2.31. The molecule has 0 rings (SSSR count). The van der Waals surface area contributed by atoms with Crippen LogP contribution in [0.5, 0.6) is 0 Å². The monoisotopic (exact) mass is 240 g/mol. The number of nitrogens with two attached hydrogens (primary N) is 1. The highest BCUT2D eigenvalue weighted by atomic mass is 14.9. The van der Waals surface area contributed by atoms with E-state index in [4.69, 9.17) is 10.7 Å². The van der Waals surface area contributed by atoms with Crippen LogP contribution in [0.2, 0.25) is 0 Å². The lowest BCUT2D eigenvalue weighted by atomic mass is 9.83. The van der Waals surface area contributed by atoms with Crippen LogP contribution in [0.1, 0.15) is 67.7 Å². The normalized spacial score (nSPS) is 20.1. The van der Waals surface area contributed by atoms with Gasteiger partial charge in [-0.15, -0.1) is 0 Å². The Morgan fingerprint density at radius 3 is 2.06 bits per heavy atom. The third-order valence-electron chi connectivity index (χ3n) is 4.10. The van der Waals surface area contributed by atoms with Crippen molar-refractivity contribution in [2.75, 3.05) is 0 Å². The van der Waals surface area contributed by atoms with Gasteiger partial charge in [0, 0.05) is 5.92 Å². The quantitative estimate of drug-likeness (QED) is 0.524. The second-order valence-electron chi connectivity index (χ2n) is 6.09. The number of aliphatic imine (C=N–C) groups is 1. The van der Waals surface area contributed by atoms with Gasteiger partial charge in [-0.1, -0.05) is 48.0 Å². The van der Waals surface area contributed by atoms with Crippen molar-refractivity contribution in [2.45, 2.75) is 73.3 Å². The Morgan fingerprint density at radius 1 is 1.18 bits per heavy atom. The second kappa shape index (κ2) is 7.03. The standard InChI is InChI=1S/C15H32N2/c1-8-13(6)15(7,9-2)17-14(16)12(5)10-11(3)4/h11-13H,8-10H2,1-7H3,(H2,16,17). The van der Waals surface area contributed by atoms with Crippen LogP contribution in [0, 0.1) is 17.8 Å². The van der Waals surface area contributed by atoms with Gasteiger partial charge in [-0.2, -0.15) is 0 Å². The second-order valence-corrected chi connectivity index (χ2v) is 6.09. The van der Waals surface area contributed by atoms with E-state index in [0.717, 1.165) is 25.1 Å². The van der Waals surface area contributed by atoms with Gasteiger partial charge in [0.25, 0.3) is 0 Å². The third kappa shape index (κ3) is 5.10. The summed E-state index contributed by atoms with van der Waals surface area (Å²) < 4.78 is 0. The number of nitrogens with zero attached hydrogens (tertiary/aromatic N) is 1. The molecule has 2 N–H and O–H groups in total. The van der Waals surface area contributed by atoms with Gasteiger partial charge in [0.1, 0.15) is 0 Å². The average Bonchev–Trinajstić information content (AvgIpc) is 2.26. The third-order valence-corrected chi connectivity index (χ3v) is 4.10. The van der Waals surface area contributed by atoms with E-state index < -0.39 is 0 Å². The summed E-state index contributed by atoms with van der Waals surface area (Å²) in [6.45, 7) is 15.6. The summed E-state index contributed by atoms with van der Waals surface area (Å²) in [5.74, 6) is 2.49. The SMILES string of the molecule is CCC(C)C(C)(CC)N=C(N)C(C)CC(C)C. The predicted octanol–water partition coefficient (Wildman–Crippen LogP) is 4.24. The summed E-state index contributed by atoms with van der Waals surface area (Å²) in [6.07, 6.45) is 3.33. The average molecular weight is 240 g/mol. The van der Waals surface area contributed by atoms with E-state index in [9.17, 15) is 0 Å². The molecule has 0 aliphatic carbocycles. The van der Waals surface area contributed by atoms with Crippen molar-refractivity contribution in [1.29, 1.82) is 0 Å². The van der Waals surface area contributed by atoms with Gasteiger partial charge in [-0.05, 0) is 31.6 Å². The molecule has 0 saturated heterocycles. The van der Waals surface area contributed by atoms with Crippen LogP contribution < -0.4 is 5.73 Å². The largest absolute Gasteiger partial charge is 0.387 e. The molecule has 0 fully saturated rings. The van der Waals surface area contributed by atoms with Gasteiger partial charge >= 0.3 is 0 Å². The highest BCUT2D eigenvalue weighted by Gasteiger charge is 2.28. The van der Waals surface area contributed by atoms with Crippen molar-refractivity contribution in [2.24, 2.45) is 28.5 Å². The minimum atomic E-state index is 0.00404. The Bertz CT molecular complexity index is 245. The van der Waals surface area contributed by atoms with E-state index >= 15 is 0 Å². The van der Waals surface area contributed by atoms with Crippen molar-refractivity contribution in [3.8, 4) is 0 Å². The highest BCUT2D eigenvalue weighted by Crippen LogP contribution is 2.28. The van der Waals surface area contributed by atoms with Crippen LogP contribution in [-0.2, 0) is 0 Å². The molecule has 3 unspecified atom stereocenters. The van der Waals surface area contributed by atoms with E-state index in [1.54, 1.807) is 0 Å². The molecule has 0 aliphatic rings. The Hall–Kier alpha value is -0.530. The van der Waals surface area contributed by atoms with Crippen LogP contribution in [0.15, 0.2) is 4.99 Å². The molecule has 0 bridgehead atoms. The predicted molar refractivity (Wildman–Crippen MR) is 78.4 cm³/mol. The fourth-order valence-corrected chi connectivity index (χ4v) is 2.21. The zero-order chi connectivity index (χ0) is 13.6. The van der Waals surface area contributed by atoms with Gasteiger partial charge < -0.3 is 5.73 Å². The number of amidine groups is 1. The molecule has 0 aromatic carbocycles. The molecule has 102 valence electrons. The lowest BCUT2D eigenvalue weighted by molar-refractivity contribution is 0.300. The Balaban J connectivity index is 4.82. The van der Waals surface area contributed by atoms with Crippen molar-refractivity contribution in [3.63, 3.8) is 0 Å². The molecular formula is C15H32N2. The molecule has 0 amide bonds. The van der Waals surface area contributed by atoms with E-state index in [2.05, 4.69) is 48.5 Å². The van der Waals surface area contributed by atoms with Crippen LogP contribution in [0.4, 0.5) is 0 Å². The Kier molecular flexibility index (Phi) is 6.81. The molecule has 0 saturated carbocycles. The van der Waals surface area contributed by atoms with Crippen molar-refractivity contribution >= 4 is 5.84 Å². The summed E-state index contributed by atoms with van der Waals surface area (Å²) in [7, 11) is 0. The summed E-state index contributed by atoms with van der Waals surface area (Å²) in [5, 5.41) is 0. The maximum Gasteiger partial charge on any atom is 0.0972 e. The minimum absolute atomic E-state index is 0.00404. The van der Waals surface area contributed by atoms with Crippen LogP contribution in [0.25, 0.3) is 0 Å². The zero-order valence-electron chi connectivity index (χ0n) is 12.9. The zero-order valence-corrected chi connectivity index (χ0v) is 12.9. The first-order valence-corrected chi connectivity index (χ1v) is 7.12. The van der Waals surface area contributed by atoms with Crippen LogP contribution >= 0.6 is 0 Å². The van der Waals surface area contributed by atoms with Gasteiger partial charge in [0.15, 0.2) is 0 Å². The molecule has 0 aliphatic heterocycles. The summed E-state index contributed by atoms with van der Waals surface area (Å²) in [5.41, 5.74) is 6.17. The maximum atomic E-state index is 6.17. The fourth-order valence-electron chi connectivity index (χ4n) is 2.21. The molecular weight excluding hydrogens is 208 g/mol. The molecule has 2 nitrogen and oxygen atoms in total. The van der Waals surface area contributed by atoms with Gasteiger partial charge in [0.05, 0.1) is 11.4 Å². The summed E-state index contributed by atoms with van der Waals surface area (Å²) in [4.78, 5) is 4.85. The minimum Gasteiger partial charge on any atom is -0.387 e.